The minimum atomic E-state index is -0.320. The molecule has 3 N–H and O–H groups in total. The van der Waals surface area contributed by atoms with Gasteiger partial charge in [-0.05, 0) is 60.2 Å². The normalized spacial score (nSPS) is 13.5. The molecular weight excluding hydrogens is 366 g/mol. The maximum Gasteiger partial charge on any atom is 0.251 e. The first-order chi connectivity index (χ1) is 13.7. The molecule has 29 heavy (non-hydrogen) atoms. The van der Waals surface area contributed by atoms with Crippen molar-refractivity contribution in [2.75, 3.05) is 17.2 Å². The number of benzene rings is 2. The smallest absolute Gasteiger partial charge is 0.251 e. The van der Waals surface area contributed by atoms with E-state index in [-0.39, 0.29) is 35.6 Å². The summed E-state index contributed by atoms with van der Waals surface area (Å²) in [6.45, 7) is 6.21. The third-order valence-corrected chi connectivity index (χ3v) is 4.81. The summed E-state index contributed by atoms with van der Waals surface area (Å²) in [6.07, 6.45) is 1.90. The lowest BCUT2D eigenvalue weighted by Gasteiger charge is -2.19. The van der Waals surface area contributed by atoms with Crippen LogP contribution in [0.5, 0.6) is 0 Å². The largest absolute Gasteiger partial charge is 0.343 e. The SMILES string of the molecule is CC(C)(C)c1ccc(C(=O)NCC(=O)Nc2ccc(NC(=O)C3CC3)cc2)cc1. The fourth-order valence-corrected chi connectivity index (χ4v) is 2.82. The Kier molecular flexibility index (Phi) is 6.01. The second-order valence-corrected chi connectivity index (χ2v) is 8.40. The van der Waals surface area contributed by atoms with Gasteiger partial charge in [-0.25, -0.2) is 0 Å². The third-order valence-electron chi connectivity index (χ3n) is 4.81. The summed E-state index contributed by atoms with van der Waals surface area (Å²) in [5, 5.41) is 8.20. The van der Waals surface area contributed by atoms with E-state index in [4.69, 9.17) is 0 Å². The molecule has 6 heteroatoms. The van der Waals surface area contributed by atoms with E-state index in [2.05, 4.69) is 36.7 Å². The molecule has 3 amide bonds. The summed E-state index contributed by atoms with van der Waals surface area (Å²) < 4.78 is 0. The number of nitrogens with one attached hydrogen (secondary N) is 3. The standard InChI is InChI=1S/C23H27N3O3/c1-23(2,3)17-8-6-15(7-9-17)21(28)24-14-20(27)25-18-10-12-19(13-11-18)26-22(29)16-4-5-16/h6-13,16H,4-5,14H2,1-3H3,(H,24,28)(H,25,27)(H,26,29). The second-order valence-electron chi connectivity index (χ2n) is 8.40. The molecule has 152 valence electrons. The number of anilines is 2. The molecule has 0 radical (unpaired) electrons. The lowest BCUT2D eigenvalue weighted by molar-refractivity contribution is -0.117. The molecule has 0 unspecified atom stereocenters. The molecule has 0 spiro atoms. The van der Waals surface area contributed by atoms with Gasteiger partial charge in [-0.1, -0.05) is 32.9 Å². The second kappa shape index (κ2) is 8.47. The Hall–Kier alpha value is -3.15. The van der Waals surface area contributed by atoms with Gasteiger partial charge >= 0.3 is 0 Å². The van der Waals surface area contributed by atoms with Gasteiger partial charge in [-0.2, -0.15) is 0 Å². The molecule has 3 rings (SSSR count). The monoisotopic (exact) mass is 393 g/mol. The van der Waals surface area contributed by atoms with E-state index in [0.717, 1.165) is 18.4 Å². The molecule has 0 aliphatic heterocycles. The van der Waals surface area contributed by atoms with Crippen LogP contribution in [0.1, 0.15) is 49.5 Å². The van der Waals surface area contributed by atoms with Crippen molar-refractivity contribution in [2.45, 2.75) is 39.0 Å². The minimum absolute atomic E-state index is 0.0190. The number of carbonyl (C=O) groups is 3. The van der Waals surface area contributed by atoms with Gasteiger partial charge in [0.05, 0.1) is 6.54 Å². The van der Waals surface area contributed by atoms with Crippen LogP contribution in [0.25, 0.3) is 0 Å². The van der Waals surface area contributed by atoms with E-state index >= 15 is 0 Å². The summed E-state index contributed by atoms with van der Waals surface area (Å²) >= 11 is 0. The molecule has 1 saturated carbocycles. The zero-order valence-electron chi connectivity index (χ0n) is 17.0. The van der Waals surface area contributed by atoms with Gasteiger partial charge in [0.2, 0.25) is 11.8 Å². The quantitative estimate of drug-likeness (QED) is 0.699. The van der Waals surface area contributed by atoms with Crippen LogP contribution in [0.4, 0.5) is 11.4 Å². The van der Waals surface area contributed by atoms with Crippen molar-refractivity contribution < 1.29 is 14.4 Å². The summed E-state index contributed by atoms with van der Waals surface area (Å²) in [6, 6.07) is 14.3. The predicted molar refractivity (Wildman–Crippen MR) is 114 cm³/mol. The highest BCUT2D eigenvalue weighted by Crippen LogP contribution is 2.30. The highest BCUT2D eigenvalue weighted by Gasteiger charge is 2.29. The molecule has 1 aliphatic carbocycles. The fourth-order valence-electron chi connectivity index (χ4n) is 2.82. The Bertz CT molecular complexity index is 892. The molecule has 0 bridgehead atoms. The van der Waals surface area contributed by atoms with Crippen molar-refractivity contribution in [3.63, 3.8) is 0 Å². The average molecular weight is 393 g/mol. The number of carbonyl (C=O) groups excluding carboxylic acids is 3. The van der Waals surface area contributed by atoms with Crippen LogP contribution < -0.4 is 16.0 Å². The molecular formula is C23H27N3O3. The zero-order chi connectivity index (χ0) is 21.0. The fraction of sp³-hybridized carbons (Fsp3) is 0.348. The molecule has 0 heterocycles. The number of rotatable bonds is 6. The lowest BCUT2D eigenvalue weighted by Crippen LogP contribution is -2.32. The molecule has 2 aromatic carbocycles. The lowest BCUT2D eigenvalue weighted by atomic mass is 9.87. The van der Waals surface area contributed by atoms with E-state index < -0.39 is 0 Å². The first-order valence-electron chi connectivity index (χ1n) is 9.82. The van der Waals surface area contributed by atoms with Gasteiger partial charge in [0, 0.05) is 22.9 Å². The van der Waals surface area contributed by atoms with Crippen molar-refractivity contribution in [3.8, 4) is 0 Å². The van der Waals surface area contributed by atoms with Crippen LogP contribution in [-0.2, 0) is 15.0 Å². The van der Waals surface area contributed by atoms with E-state index in [1.807, 2.05) is 12.1 Å². The molecule has 6 nitrogen and oxygen atoms in total. The van der Waals surface area contributed by atoms with Crippen molar-refractivity contribution >= 4 is 29.1 Å². The van der Waals surface area contributed by atoms with Crippen molar-refractivity contribution in [1.82, 2.24) is 5.32 Å². The van der Waals surface area contributed by atoms with Gasteiger partial charge in [0.1, 0.15) is 0 Å². The first-order valence-corrected chi connectivity index (χ1v) is 9.82. The molecule has 1 aliphatic rings. The maximum atomic E-state index is 12.2. The van der Waals surface area contributed by atoms with Gasteiger partial charge in [0.25, 0.3) is 5.91 Å². The Morgan fingerprint density at radius 1 is 0.862 bits per heavy atom. The van der Waals surface area contributed by atoms with E-state index in [1.165, 1.54) is 0 Å². The Morgan fingerprint density at radius 3 is 1.93 bits per heavy atom. The third kappa shape index (κ3) is 5.91. The summed E-state index contributed by atoms with van der Waals surface area (Å²) in [5.74, 6) is -0.430. The van der Waals surface area contributed by atoms with E-state index in [1.54, 1.807) is 36.4 Å². The summed E-state index contributed by atoms with van der Waals surface area (Å²) in [4.78, 5) is 36.1. The van der Waals surface area contributed by atoms with Crippen molar-refractivity contribution in [3.05, 3.63) is 59.7 Å². The van der Waals surface area contributed by atoms with Gasteiger partial charge in [-0.15, -0.1) is 0 Å². The highest BCUT2D eigenvalue weighted by atomic mass is 16.2. The van der Waals surface area contributed by atoms with Gasteiger partial charge in [-0.3, -0.25) is 14.4 Å². The Balaban J connectivity index is 1.46. The number of hydrogen-bond acceptors (Lipinski definition) is 3. The van der Waals surface area contributed by atoms with Crippen molar-refractivity contribution in [2.24, 2.45) is 5.92 Å². The van der Waals surface area contributed by atoms with Crippen LogP contribution in [0, 0.1) is 5.92 Å². The van der Waals surface area contributed by atoms with Crippen LogP contribution in [-0.4, -0.2) is 24.3 Å². The zero-order valence-corrected chi connectivity index (χ0v) is 17.0. The minimum Gasteiger partial charge on any atom is -0.343 e. The van der Waals surface area contributed by atoms with Crippen molar-refractivity contribution in [1.29, 1.82) is 0 Å². The van der Waals surface area contributed by atoms with Crippen LogP contribution >= 0.6 is 0 Å². The average Bonchev–Trinajstić information content (AvgIpc) is 3.52. The van der Waals surface area contributed by atoms with Crippen LogP contribution in [0.15, 0.2) is 48.5 Å². The first kappa shape index (κ1) is 20.6. The molecule has 2 aromatic rings. The predicted octanol–water partition coefficient (Wildman–Crippen LogP) is 3.70. The Labute approximate surface area is 171 Å². The summed E-state index contributed by atoms with van der Waals surface area (Å²) in [7, 11) is 0. The van der Waals surface area contributed by atoms with E-state index in [0.29, 0.717) is 16.9 Å². The van der Waals surface area contributed by atoms with Gasteiger partial charge in [0.15, 0.2) is 0 Å². The van der Waals surface area contributed by atoms with E-state index in [9.17, 15) is 14.4 Å². The van der Waals surface area contributed by atoms with Crippen LogP contribution in [0.3, 0.4) is 0 Å². The van der Waals surface area contributed by atoms with Crippen LogP contribution in [0.2, 0.25) is 0 Å². The summed E-state index contributed by atoms with van der Waals surface area (Å²) in [5.41, 5.74) is 2.98. The van der Waals surface area contributed by atoms with Gasteiger partial charge < -0.3 is 16.0 Å². The Morgan fingerprint density at radius 2 is 1.41 bits per heavy atom. The topological polar surface area (TPSA) is 87.3 Å². The highest BCUT2D eigenvalue weighted by molar-refractivity contribution is 5.99. The molecule has 0 saturated heterocycles. The number of hydrogen-bond donors (Lipinski definition) is 3. The number of amides is 3. The molecule has 1 fully saturated rings. The maximum absolute atomic E-state index is 12.2. The molecule has 0 atom stereocenters. The molecule has 0 aromatic heterocycles.